The zero-order valence-corrected chi connectivity index (χ0v) is 10.9. The summed E-state index contributed by atoms with van der Waals surface area (Å²) in [6.45, 7) is 0.241. The zero-order chi connectivity index (χ0) is 14.5. The van der Waals surface area contributed by atoms with E-state index in [1.165, 1.54) is 35.4 Å². The molecule has 20 heavy (non-hydrogen) atoms. The highest BCUT2D eigenvalue weighted by atomic mass is 19.1. The third-order valence-corrected chi connectivity index (χ3v) is 2.81. The molecule has 2 aromatic rings. The van der Waals surface area contributed by atoms with Gasteiger partial charge in [-0.25, -0.2) is 4.39 Å². The molecule has 0 saturated carbocycles. The number of hydrogen-bond acceptors (Lipinski definition) is 4. The number of carbonyl (C=O) groups excluding carboxylic acids is 1. The molecule has 104 valence electrons. The maximum atomic E-state index is 12.8. The van der Waals surface area contributed by atoms with E-state index < -0.39 is 17.8 Å². The Hall–Kier alpha value is -2.34. The fraction of sp³-hybridized carbons (Fsp3) is 0.214. The van der Waals surface area contributed by atoms with E-state index in [0.717, 1.165) is 0 Å². The summed E-state index contributed by atoms with van der Waals surface area (Å²) in [5, 5.41) is 9.98. The van der Waals surface area contributed by atoms with Gasteiger partial charge in [-0.1, -0.05) is 12.1 Å². The highest BCUT2D eigenvalue weighted by Crippen LogP contribution is 2.16. The monoisotopic (exact) mass is 275 g/mol. The fourth-order valence-electron chi connectivity index (χ4n) is 1.73. The number of aromatic nitrogens is 2. The van der Waals surface area contributed by atoms with Crippen molar-refractivity contribution in [2.75, 3.05) is 7.05 Å². The van der Waals surface area contributed by atoms with Crippen molar-refractivity contribution >= 4 is 5.91 Å². The molecule has 0 unspecified atom stereocenters. The fourth-order valence-corrected chi connectivity index (χ4v) is 1.73. The van der Waals surface area contributed by atoms with Crippen LogP contribution >= 0.6 is 0 Å². The first-order valence-corrected chi connectivity index (χ1v) is 6.01. The molecule has 2 rings (SSSR count). The number of carbonyl (C=O) groups is 1. The highest BCUT2D eigenvalue weighted by molar-refractivity contribution is 5.81. The van der Waals surface area contributed by atoms with Gasteiger partial charge in [0.2, 0.25) is 0 Å². The summed E-state index contributed by atoms with van der Waals surface area (Å²) in [5.41, 5.74) is 0.969. The van der Waals surface area contributed by atoms with Crippen LogP contribution in [0.2, 0.25) is 0 Å². The second-order valence-corrected chi connectivity index (χ2v) is 4.35. The lowest BCUT2D eigenvalue weighted by molar-refractivity contribution is -0.139. The Morgan fingerprint density at radius 1 is 1.35 bits per heavy atom. The van der Waals surface area contributed by atoms with Crippen LogP contribution in [0.4, 0.5) is 4.39 Å². The minimum absolute atomic E-state index is 0.241. The van der Waals surface area contributed by atoms with E-state index in [0.29, 0.717) is 11.3 Å². The smallest absolute Gasteiger partial charge is 0.256 e. The number of benzene rings is 1. The molecule has 1 amide bonds. The van der Waals surface area contributed by atoms with Crippen LogP contribution in [0.1, 0.15) is 17.4 Å². The maximum Gasteiger partial charge on any atom is 0.256 e. The molecule has 1 N–H and O–H groups in total. The largest absolute Gasteiger partial charge is 0.378 e. The average molecular weight is 275 g/mol. The molecule has 0 radical (unpaired) electrons. The summed E-state index contributed by atoms with van der Waals surface area (Å²) in [7, 11) is 1.56. The van der Waals surface area contributed by atoms with Crippen molar-refractivity contribution in [2.45, 2.75) is 12.6 Å². The van der Waals surface area contributed by atoms with Gasteiger partial charge in [-0.3, -0.25) is 14.8 Å². The average Bonchev–Trinajstić information content (AvgIpc) is 2.47. The molecule has 0 saturated heterocycles. The molecule has 0 spiro atoms. The van der Waals surface area contributed by atoms with Gasteiger partial charge in [0.25, 0.3) is 5.91 Å². The lowest BCUT2D eigenvalue weighted by Gasteiger charge is -2.20. The first kappa shape index (κ1) is 14.1. The van der Waals surface area contributed by atoms with E-state index in [1.807, 2.05) is 0 Å². The van der Waals surface area contributed by atoms with Crippen molar-refractivity contribution < 1.29 is 14.3 Å². The van der Waals surface area contributed by atoms with Gasteiger partial charge >= 0.3 is 0 Å². The van der Waals surface area contributed by atoms with Crippen LogP contribution < -0.4 is 0 Å². The van der Waals surface area contributed by atoms with Gasteiger partial charge in [-0.15, -0.1) is 0 Å². The second-order valence-electron chi connectivity index (χ2n) is 4.35. The van der Waals surface area contributed by atoms with E-state index in [4.69, 9.17) is 0 Å². The normalized spacial score (nSPS) is 11.9. The Balaban J connectivity index is 2.04. The predicted octanol–water partition coefficient (Wildman–Crippen LogP) is 1.31. The van der Waals surface area contributed by atoms with Gasteiger partial charge in [0.1, 0.15) is 5.82 Å². The van der Waals surface area contributed by atoms with Crippen LogP contribution in [-0.4, -0.2) is 32.9 Å². The number of aliphatic hydroxyl groups is 1. The van der Waals surface area contributed by atoms with Gasteiger partial charge in [0, 0.05) is 19.4 Å². The molecule has 1 atom stereocenters. The van der Waals surface area contributed by atoms with Crippen LogP contribution in [-0.2, 0) is 11.3 Å². The quantitative estimate of drug-likeness (QED) is 0.913. The first-order valence-electron chi connectivity index (χ1n) is 6.01. The standard InChI is InChI=1S/C14H14FN3O2/c1-18(9-12-8-16-6-7-17-12)14(20)13(19)10-2-4-11(15)5-3-10/h2-8,13,19H,9H2,1H3/t13-/m0/s1. The third kappa shape index (κ3) is 3.36. The molecule has 0 aliphatic heterocycles. The van der Waals surface area contributed by atoms with Crippen molar-refractivity contribution in [3.05, 3.63) is 59.9 Å². The van der Waals surface area contributed by atoms with Gasteiger partial charge in [0.05, 0.1) is 18.4 Å². The lowest BCUT2D eigenvalue weighted by atomic mass is 10.1. The highest BCUT2D eigenvalue weighted by Gasteiger charge is 2.21. The molecule has 1 heterocycles. The minimum Gasteiger partial charge on any atom is -0.378 e. The molecular formula is C14H14FN3O2. The topological polar surface area (TPSA) is 66.3 Å². The number of rotatable bonds is 4. The summed E-state index contributed by atoms with van der Waals surface area (Å²) >= 11 is 0. The molecule has 0 aliphatic rings. The molecule has 0 aliphatic carbocycles. The summed E-state index contributed by atoms with van der Waals surface area (Å²) in [4.78, 5) is 21.4. The third-order valence-electron chi connectivity index (χ3n) is 2.81. The zero-order valence-electron chi connectivity index (χ0n) is 10.9. The SMILES string of the molecule is CN(Cc1cnccn1)C(=O)[C@@H](O)c1ccc(F)cc1. The van der Waals surface area contributed by atoms with E-state index in [1.54, 1.807) is 19.4 Å². The van der Waals surface area contributed by atoms with E-state index >= 15 is 0 Å². The Bertz CT molecular complexity index is 575. The van der Waals surface area contributed by atoms with Crippen molar-refractivity contribution in [3.63, 3.8) is 0 Å². The van der Waals surface area contributed by atoms with Gasteiger partial charge in [-0.05, 0) is 17.7 Å². The maximum absolute atomic E-state index is 12.8. The molecular weight excluding hydrogens is 261 g/mol. The molecule has 0 bridgehead atoms. The van der Waals surface area contributed by atoms with Crippen LogP contribution in [0, 0.1) is 5.82 Å². The number of amides is 1. The molecule has 1 aromatic carbocycles. The Morgan fingerprint density at radius 2 is 2.05 bits per heavy atom. The van der Waals surface area contributed by atoms with Crippen molar-refractivity contribution in [2.24, 2.45) is 0 Å². The van der Waals surface area contributed by atoms with Gasteiger partial charge in [-0.2, -0.15) is 0 Å². The summed E-state index contributed by atoms with van der Waals surface area (Å²) in [6.07, 6.45) is 3.30. The summed E-state index contributed by atoms with van der Waals surface area (Å²) < 4.78 is 12.8. The Labute approximate surface area is 115 Å². The predicted molar refractivity (Wildman–Crippen MR) is 69.9 cm³/mol. The van der Waals surface area contributed by atoms with E-state index in [-0.39, 0.29) is 6.54 Å². The van der Waals surface area contributed by atoms with Crippen LogP contribution in [0.25, 0.3) is 0 Å². The molecule has 1 aromatic heterocycles. The molecule has 5 nitrogen and oxygen atoms in total. The Morgan fingerprint density at radius 3 is 2.65 bits per heavy atom. The van der Waals surface area contributed by atoms with Crippen LogP contribution in [0.5, 0.6) is 0 Å². The van der Waals surface area contributed by atoms with Crippen molar-refractivity contribution in [1.29, 1.82) is 0 Å². The molecule has 0 fully saturated rings. The Kier molecular flexibility index (Phi) is 4.37. The van der Waals surface area contributed by atoms with E-state index in [9.17, 15) is 14.3 Å². The van der Waals surface area contributed by atoms with Crippen molar-refractivity contribution in [3.8, 4) is 0 Å². The van der Waals surface area contributed by atoms with E-state index in [2.05, 4.69) is 9.97 Å². The molecule has 6 heteroatoms. The number of nitrogens with zero attached hydrogens (tertiary/aromatic N) is 3. The van der Waals surface area contributed by atoms with Crippen LogP contribution in [0.3, 0.4) is 0 Å². The number of hydrogen-bond donors (Lipinski definition) is 1. The minimum atomic E-state index is -1.32. The number of likely N-dealkylation sites (N-methyl/N-ethyl adjacent to an activating group) is 1. The summed E-state index contributed by atoms with van der Waals surface area (Å²) in [6, 6.07) is 5.17. The summed E-state index contributed by atoms with van der Waals surface area (Å²) in [5.74, 6) is -0.899. The van der Waals surface area contributed by atoms with Gasteiger partial charge in [0.15, 0.2) is 6.10 Å². The number of halogens is 1. The number of aliphatic hydroxyl groups excluding tert-OH is 1. The van der Waals surface area contributed by atoms with Crippen LogP contribution in [0.15, 0.2) is 42.9 Å². The van der Waals surface area contributed by atoms with Gasteiger partial charge < -0.3 is 10.0 Å². The first-order chi connectivity index (χ1) is 9.58. The lowest BCUT2D eigenvalue weighted by Crippen LogP contribution is -2.31. The second kappa shape index (κ2) is 6.21. The van der Waals surface area contributed by atoms with Crippen molar-refractivity contribution in [1.82, 2.24) is 14.9 Å².